The van der Waals surface area contributed by atoms with E-state index in [4.69, 9.17) is 15.9 Å². The second kappa shape index (κ2) is 23.8. The Morgan fingerprint density at radius 1 is 0.516 bits per heavy atom. The Morgan fingerprint density at radius 3 is 1.31 bits per heavy atom. The number of carboxylic acids is 6. The molecule has 26 heteroatoms. The maximum Gasteiger partial charge on any atom is 0.326 e. The number of benzene rings is 1. The summed E-state index contributed by atoms with van der Waals surface area (Å²) < 4.78 is 0. The van der Waals surface area contributed by atoms with Gasteiger partial charge in [-0.1, -0.05) is 18.2 Å². The third kappa shape index (κ3) is 16.9. The fourth-order valence-corrected chi connectivity index (χ4v) is 5.61. The highest BCUT2D eigenvalue weighted by molar-refractivity contribution is 5.99. The van der Waals surface area contributed by atoms with Gasteiger partial charge in [-0.25, -0.2) is 4.79 Å². The van der Waals surface area contributed by atoms with Gasteiger partial charge in [0.1, 0.15) is 36.3 Å². The molecule has 15 N–H and O–H groups in total. The van der Waals surface area contributed by atoms with Crippen LogP contribution >= 0.6 is 0 Å². The number of aromatic nitrogens is 1. The van der Waals surface area contributed by atoms with Crippen molar-refractivity contribution in [1.29, 1.82) is 0 Å². The molecule has 0 aliphatic rings. The van der Waals surface area contributed by atoms with E-state index in [-0.39, 0.29) is 0 Å². The highest BCUT2D eigenvalue weighted by Crippen LogP contribution is 2.19. The quantitative estimate of drug-likeness (QED) is 0.0409. The molecular weight excluding hydrogens is 832 g/mol. The van der Waals surface area contributed by atoms with Crippen LogP contribution in [-0.4, -0.2) is 149 Å². The van der Waals surface area contributed by atoms with E-state index in [0.717, 1.165) is 0 Å². The summed E-state index contributed by atoms with van der Waals surface area (Å²) in [4.78, 5) is 152. The van der Waals surface area contributed by atoms with Crippen LogP contribution in [0.3, 0.4) is 0 Å². The Hall–Kier alpha value is -7.64. The lowest BCUT2D eigenvalue weighted by molar-refractivity contribution is -0.145. The summed E-state index contributed by atoms with van der Waals surface area (Å²) in [6, 6.07) is -6.23. The number of hydrogen-bond acceptors (Lipinski definition) is 13. The third-order valence-electron chi connectivity index (χ3n) is 8.72. The van der Waals surface area contributed by atoms with Crippen LogP contribution in [0.4, 0.5) is 0 Å². The van der Waals surface area contributed by atoms with Gasteiger partial charge in [0.2, 0.25) is 35.4 Å². The van der Waals surface area contributed by atoms with Gasteiger partial charge < -0.3 is 73.3 Å². The van der Waals surface area contributed by atoms with Crippen LogP contribution in [0.2, 0.25) is 0 Å². The van der Waals surface area contributed by atoms with E-state index in [1.54, 1.807) is 24.3 Å². The van der Waals surface area contributed by atoms with Crippen molar-refractivity contribution in [2.45, 2.75) is 101 Å². The highest BCUT2D eigenvalue weighted by atomic mass is 16.4. The maximum atomic E-state index is 14.0. The Balaban J connectivity index is 2.51. The lowest BCUT2D eigenvalue weighted by Gasteiger charge is -2.26. The summed E-state index contributed by atoms with van der Waals surface area (Å²) in [6.45, 7) is 1.25. The molecule has 0 bridgehead atoms. The van der Waals surface area contributed by atoms with Gasteiger partial charge in [-0.15, -0.1) is 0 Å². The minimum absolute atomic E-state index is 0.334. The predicted octanol–water partition coefficient (Wildman–Crippen LogP) is -3.80. The minimum atomic E-state index is -2.15. The number of fused-ring (bicyclic) bond motifs is 1. The molecule has 7 atom stereocenters. The largest absolute Gasteiger partial charge is 0.481 e. The molecule has 2 aromatic rings. The molecule has 1 heterocycles. The van der Waals surface area contributed by atoms with Crippen LogP contribution in [-0.2, 0) is 64.0 Å². The molecule has 0 saturated carbocycles. The summed E-state index contributed by atoms with van der Waals surface area (Å²) >= 11 is 0. The number of hydrogen-bond donors (Lipinski definition) is 14. The van der Waals surface area contributed by atoms with E-state index >= 15 is 0 Å². The maximum absolute atomic E-state index is 14.0. The molecule has 26 nitrogen and oxygen atoms in total. The van der Waals surface area contributed by atoms with Gasteiger partial charge in [0.05, 0.1) is 25.3 Å². The predicted molar refractivity (Wildman–Crippen MR) is 205 cm³/mol. The summed E-state index contributed by atoms with van der Waals surface area (Å²) in [5, 5.41) is 69.1. The lowest BCUT2D eigenvalue weighted by atomic mass is 10.0. The average molecular weight is 879 g/mol. The van der Waals surface area contributed by atoms with Crippen LogP contribution in [0, 0.1) is 0 Å². The number of rotatable bonds is 27. The number of carboxylic acid groups (broad SMARTS) is 6. The lowest BCUT2D eigenvalue weighted by Crippen LogP contribution is -2.60. The molecule has 2 rings (SSSR count). The van der Waals surface area contributed by atoms with Gasteiger partial charge in [-0.05, 0) is 31.4 Å². The summed E-state index contributed by atoms with van der Waals surface area (Å²) in [5.41, 5.74) is 6.41. The number of nitrogens with two attached hydrogens (primary N) is 1. The number of aromatic amines is 1. The van der Waals surface area contributed by atoms with E-state index in [0.29, 0.717) is 16.5 Å². The highest BCUT2D eigenvalue weighted by Gasteiger charge is 2.36. The number of para-hydroxylation sites is 1. The molecule has 0 spiro atoms. The number of nitrogens with one attached hydrogen (secondary N) is 7. The zero-order chi connectivity index (χ0) is 46.8. The molecule has 0 saturated heterocycles. The van der Waals surface area contributed by atoms with Crippen LogP contribution in [0.1, 0.15) is 57.4 Å². The van der Waals surface area contributed by atoms with E-state index in [9.17, 15) is 78.0 Å². The van der Waals surface area contributed by atoms with Crippen LogP contribution in [0.15, 0.2) is 30.5 Å². The monoisotopic (exact) mass is 878 g/mol. The van der Waals surface area contributed by atoms with Crippen LogP contribution in [0.5, 0.6) is 0 Å². The Morgan fingerprint density at radius 2 is 0.887 bits per heavy atom. The van der Waals surface area contributed by atoms with Crippen molar-refractivity contribution in [1.82, 2.24) is 36.9 Å². The van der Waals surface area contributed by atoms with Crippen molar-refractivity contribution in [3.63, 3.8) is 0 Å². The smallest absolute Gasteiger partial charge is 0.326 e. The number of carbonyl (C=O) groups is 12. The van der Waals surface area contributed by atoms with Gasteiger partial charge in [0, 0.05) is 36.4 Å². The van der Waals surface area contributed by atoms with E-state index in [1.165, 1.54) is 13.1 Å². The second-order valence-corrected chi connectivity index (χ2v) is 13.7. The molecule has 1 aromatic heterocycles. The van der Waals surface area contributed by atoms with Crippen molar-refractivity contribution >= 4 is 82.2 Å². The standard InChI is InChI=1S/C36H46N8O18/c1-15(37)30(55)39-19(6-8-25(45)46)31(56)42-23(12-28(51)52)34(59)41-21(10-16-14-38-18-5-3-2-4-17(16)18)32(57)43-24(13-29(53)54)35(60)44-22(11-27(49)50)33(58)40-20(36(61)62)7-9-26(47)48/h2-5,14-15,19-24,38H,6-13,37H2,1H3,(H,39,55)(H,40,58)(H,41,59)(H,42,56)(H,43,57)(H,44,60)(H,45,46)(H,47,48)(H,49,50)(H,51,52)(H,53,54)(H,61,62)/t15-,19-,20-,21-,22-,23-,24-/m0/s1. The molecular formula is C36H46N8O18. The number of amides is 6. The first-order chi connectivity index (χ1) is 29.0. The van der Waals surface area contributed by atoms with Crippen molar-refractivity contribution in [2.24, 2.45) is 5.73 Å². The first-order valence-corrected chi connectivity index (χ1v) is 18.4. The summed E-state index contributed by atoms with van der Waals surface area (Å²) in [6.07, 6.45) is -5.19. The minimum Gasteiger partial charge on any atom is -0.481 e. The topological polar surface area (TPSA) is 440 Å². The molecule has 0 fully saturated rings. The van der Waals surface area contributed by atoms with Gasteiger partial charge >= 0.3 is 35.8 Å². The fourth-order valence-electron chi connectivity index (χ4n) is 5.61. The molecule has 0 aliphatic carbocycles. The number of aliphatic carboxylic acids is 6. The van der Waals surface area contributed by atoms with Crippen molar-refractivity contribution < 1.29 is 88.2 Å². The third-order valence-corrected chi connectivity index (χ3v) is 8.72. The van der Waals surface area contributed by atoms with Crippen LogP contribution in [0.25, 0.3) is 10.9 Å². The summed E-state index contributed by atoms with van der Waals surface area (Å²) in [5.74, 6) is -17.3. The van der Waals surface area contributed by atoms with Crippen molar-refractivity contribution in [2.75, 3.05) is 0 Å². The SMILES string of the molecule is C[C@H](N)C(=O)N[C@@H](CCC(=O)O)C(=O)N[C@@H](CC(=O)O)C(=O)N[C@@H](Cc1c[nH]c2ccccc12)C(=O)N[C@@H](CC(=O)O)C(=O)N[C@@H](CC(=O)O)C(=O)N[C@@H](CCC(=O)O)C(=O)O. The molecule has 0 aliphatic heterocycles. The fraction of sp³-hybridized carbons (Fsp3) is 0.444. The van der Waals surface area contributed by atoms with Gasteiger partial charge in [-0.2, -0.15) is 0 Å². The van der Waals surface area contributed by atoms with E-state index < -0.39 is 165 Å². The van der Waals surface area contributed by atoms with Gasteiger partial charge in [0.25, 0.3) is 0 Å². The van der Waals surface area contributed by atoms with Crippen LogP contribution < -0.4 is 37.6 Å². The summed E-state index contributed by atoms with van der Waals surface area (Å²) in [7, 11) is 0. The zero-order valence-electron chi connectivity index (χ0n) is 32.7. The molecule has 0 unspecified atom stereocenters. The van der Waals surface area contributed by atoms with Crippen molar-refractivity contribution in [3.8, 4) is 0 Å². The van der Waals surface area contributed by atoms with E-state index in [1.807, 2.05) is 10.6 Å². The Labute approximate surface area is 349 Å². The average Bonchev–Trinajstić information content (AvgIpc) is 3.58. The first kappa shape index (κ1) is 50.5. The molecule has 338 valence electrons. The van der Waals surface area contributed by atoms with E-state index in [2.05, 4.69) is 26.3 Å². The number of H-pyrrole nitrogens is 1. The molecule has 6 amide bonds. The molecule has 0 radical (unpaired) electrons. The van der Waals surface area contributed by atoms with Crippen molar-refractivity contribution in [3.05, 3.63) is 36.0 Å². The Bertz CT molecular complexity index is 2050. The number of carbonyl (C=O) groups excluding carboxylic acids is 6. The first-order valence-electron chi connectivity index (χ1n) is 18.4. The normalized spacial score (nSPS) is 14.2. The zero-order valence-corrected chi connectivity index (χ0v) is 32.7. The van der Waals surface area contributed by atoms with Gasteiger partial charge in [0.15, 0.2) is 0 Å². The van der Waals surface area contributed by atoms with Gasteiger partial charge in [-0.3, -0.25) is 52.7 Å². The molecule has 62 heavy (non-hydrogen) atoms. The second-order valence-electron chi connectivity index (χ2n) is 13.7. The molecule has 1 aromatic carbocycles. The Kier molecular flexibility index (Phi) is 19.4.